The van der Waals surface area contributed by atoms with E-state index in [1.165, 1.54) is 11.3 Å². The molecule has 1 unspecified atom stereocenters. The van der Waals surface area contributed by atoms with E-state index < -0.39 is 6.10 Å². The number of hydrogen-bond acceptors (Lipinski definition) is 4. The lowest BCUT2D eigenvalue weighted by Gasteiger charge is -2.16. The molecular weight excluding hydrogens is 224 g/mol. The molecule has 1 aliphatic carbocycles. The highest BCUT2D eigenvalue weighted by molar-refractivity contribution is 7.11. The molecule has 1 N–H and O–H groups in total. The number of rotatable bonds is 3. The van der Waals surface area contributed by atoms with Gasteiger partial charge >= 0.3 is 0 Å². The number of hydrogen-bond donors (Lipinski definition) is 1. The van der Waals surface area contributed by atoms with Gasteiger partial charge in [-0.3, -0.25) is 9.59 Å². The van der Waals surface area contributed by atoms with Crippen molar-refractivity contribution in [2.24, 2.45) is 0 Å². The molecule has 0 amide bonds. The minimum atomic E-state index is -0.877. The monoisotopic (exact) mass is 236 g/mol. The molecule has 0 aliphatic heterocycles. The SMILES string of the molecule is O=Cc1cc(C(O)C2=CCCCC2=O)cs1. The van der Waals surface area contributed by atoms with Crippen molar-refractivity contribution in [3.8, 4) is 0 Å². The molecule has 0 aromatic carbocycles. The van der Waals surface area contributed by atoms with Crippen LogP contribution in [0.5, 0.6) is 0 Å². The van der Waals surface area contributed by atoms with Crippen molar-refractivity contribution in [2.75, 3.05) is 0 Å². The Balaban J connectivity index is 2.23. The Bertz CT molecular complexity index is 445. The van der Waals surface area contributed by atoms with Crippen LogP contribution in [0.4, 0.5) is 0 Å². The summed E-state index contributed by atoms with van der Waals surface area (Å²) < 4.78 is 0. The van der Waals surface area contributed by atoms with E-state index in [1.54, 1.807) is 17.5 Å². The highest BCUT2D eigenvalue weighted by atomic mass is 32.1. The maximum atomic E-state index is 11.6. The summed E-state index contributed by atoms with van der Waals surface area (Å²) >= 11 is 1.28. The summed E-state index contributed by atoms with van der Waals surface area (Å²) in [7, 11) is 0. The second kappa shape index (κ2) is 4.72. The van der Waals surface area contributed by atoms with Gasteiger partial charge in [-0.15, -0.1) is 11.3 Å². The number of thiophene rings is 1. The van der Waals surface area contributed by atoms with Crippen LogP contribution in [0.25, 0.3) is 0 Å². The summed E-state index contributed by atoms with van der Waals surface area (Å²) in [6.45, 7) is 0. The fraction of sp³-hybridized carbons (Fsp3) is 0.333. The van der Waals surface area contributed by atoms with E-state index in [0.29, 0.717) is 22.4 Å². The zero-order valence-electron chi connectivity index (χ0n) is 8.68. The standard InChI is InChI=1S/C12H12O3S/c13-6-9-5-8(7-16-9)12(15)10-3-1-2-4-11(10)14/h3,5-7,12,15H,1-2,4H2. The van der Waals surface area contributed by atoms with E-state index in [2.05, 4.69) is 0 Å². The third-order valence-corrected chi connectivity index (χ3v) is 3.54. The molecule has 1 aromatic heterocycles. The summed E-state index contributed by atoms with van der Waals surface area (Å²) in [5.74, 6) is 0.0117. The van der Waals surface area contributed by atoms with Gasteiger partial charge in [-0.25, -0.2) is 0 Å². The van der Waals surface area contributed by atoms with Crippen LogP contribution >= 0.6 is 11.3 Å². The Labute approximate surface area is 97.4 Å². The number of aliphatic hydroxyl groups is 1. The van der Waals surface area contributed by atoms with Gasteiger partial charge in [-0.1, -0.05) is 6.08 Å². The normalized spacial score (nSPS) is 18.1. The molecule has 0 bridgehead atoms. The number of aliphatic hydroxyl groups excluding tert-OH is 1. The number of carbonyl (C=O) groups is 2. The Morgan fingerprint density at radius 1 is 1.50 bits per heavy atom. The summed E-state index contributed by atoms with van der Waals surface area (Å²) in [6, 6.07) is 1.63. The molecule has 16 heavy (non-hydrogen) atoms. The van der Waals surface area contributed by atoms with Crippen LogP contribution in [-0.2, 0) is 4.79 Å². The van der Waals surface area contributed by atoms with Gasteiger partial charge < -0.3 is 5.11 Å². The average Bonchev–Trinajstić information content (AvgIpc) is 2.77. The molecule has 4 heteroatoms. The van der Waals surface area contributed by atoms with Crippen LogP contribution in [0.3, 0.4) is 0 Å². The van der Waals surface area contributed by atoms with E-state index in [1.807, 2.05) is 0 Å². The zero-order chi connectivity index (χ0) is 11.5. The number of aldehydes is 1. The highest BCUT2D eigenvalue weighted by Crippen LogP contribution is 2.29. The maximum absolute atomic E-state index is 11.6. The van der Waals surface area contributed by atoms with Crippen LogP contribution in [-0.4, -0.2) is 17.2 Å². The Hall–Kier alpha value is -1.26. The molecule has 1 atom stereocenters. The molecule has 3 nitrogen and oxygen atoms in total. The largest absolute Gasteiger partial charge is 0.384 e. The summed E-state index contributed by atoms with van der Waals surface area (Å²) in [5.41, 5.74) is 1.11. The molecule has 1 heterocycles. The van der Waals surface area contributed by atoms with Crippen molar-refractivity contribution < 1.29 is 14.7 Å². The van der Waals surface area contributed by atoms with E-state index in [9.17, 15) is 14.7 Å². The predicted molar refractivity (Wildman–Crippen MR) is 61.6 cm³/mol. The van der Waals surface area contributed by atoms with Crippen molar-refractivity contribution in [1.29, 1.82) is 0 Å². The van der Waals surface area contributed by atoms with Gasteiger partial charge in [-0.05, 0) is 29.9 Å². The molecular formula is C12H12O3S. The Morgan fingerprint density at radius 2 is 2.31 bits per heavy atom. The molecule has 0 fully saturated rings. The second-order valence-corrected chi connectivity index (χ2v) is 4.72. The average molecular weight is 236 g/mol. The fourth-order valence-corrected chi connectivity index (χ4v) is 2.52. The number of Topliss-reactive ketones (excluding diaryl/α,β-unsaturated/α-hetero) is 1. The topological polar surface area (TPSA) is 54.4 Å². The van der Waals surface area contributed by atoms with Crippen LogP contribution in [0.1, 0.15) is 40.6 Å². The van der Waals surface area contributed by atoms with Gasteiger partial charge in [0.1, 0.15) is 6.10 Å². The van der Waals surface area contributed by atoms with Crippen molar-refractivity contribution in [3.63, 3.8) is 0 Å². The fourth-order valence-electron chi connectivity index (χ4n) is 1.80. The van der Waals surface area contributed by atoms with Crippen molar-refractivity contribution in [2.45, 2.75) is 25.4 Å². The van der Waals surface area contributed by atoms with Gasteiger partial charge in [0.05, 0.1) is 4.88 Å². The molecule has 0 saturated heterocycles. The quantitative estimate of drug-likeness (QED) is 0.819. The van der Waals surface area contributed by atoms with Crippen LogP contribution in [0.2, 0.25) is 0 Å². The number of ketones is 1. The van der Waals surface area contributed by atoms with E-state index in [-0.39, 0.29) is 5.78 Å². The number of allylic oxidation sites excluding steroid dienone is 1. The molecule has 0 saturated carbocycles. The zero-order valence-corrected chi connectivity index (χ0v) is 9.50. The lowest BCUT2D eigenvalue weighted by molar-refractivity contribution is -0.117. The second-order valence-electron chi connectivity index (χ2n) is 3.78. The van der Waals surface area contributed by atoms with E-state index in [4.69, 9.17) is 0 Å². The lowest BCUT2D eigenvalue weighted by Crippen LogP contribution is -2.14. The third kappa shape index (κ3) is 2.13. The lowest BCUT2D eigenvalue weighted by atomic mass is 9.91. The summed E-state index contributed by atoms with van der Waals surface area (Å²) in [5, 5.41) is 11.7. The maximum Gasteiger partial charge on any atom is 0.161 e. The molecule has 1 aromatic rings. The van der Waals surface area contributed by atoms with Gasteiger partial charge in [0.25, 0.3) is 0 Å². The first-order valence-corrected chi connectivity index (χ1v) is 6.05. The minimum Gasteiger partial charge on any atom is -0.384 e. The van der Waals surface area contributed by atoms with Crippen molar-refractivity contribution in [1.82, 2.24) is 0 Å². The van der Waals surface area contributed by atoms with E-state index in [0.717, 1.165) is 19.1 Å². The number of carbonyl (C=O) groups excluding carboxylic acids is 2. The first kappa shape index (κ1) is 11.2. The highest BCUT2D eigenvalue weighted by Gasteiger charge is 2.22. The summed E-state index contributed by atoms with van der Waals surface area (Å²) in [4.78, 5) is 22.7. The molecule has 84 valence electrons. The van der Waals surface area contributed by atoms with Gasteiger partial charge in [0.15, 0.2) is 12.1 Å². The molecule has 2 rings (SSSR count). The predicted octanol–water partition coefficient (Wildman–Crippen LogP) is 2.27. The van der Waals surface area contributed by atoms with Gasteiger partial charge in [-0.2, -0.15) is 0 Å². The van der Waals surface area contributed by atoms with Crippen molar-refractivity contribution >= 4 is 23.4 Å². The molecule has 0 radical (unpaired) electrons. The first-order valence-electron chi connectivity index (χ1n) is 5.17. The molecule has 0 spiro atoms. The van der Waals surface area contributed by atoms with Gasteiger partial charge in [0, 0.05) is 12.0 Å². The smallest absolute Gasteiger partial charge is 0.161 e. The summed E-state index contributed by atoms with van der Waals surface area (Å²) in [6.07, 6.45) is 3.87. The van der Waals surface area contributed by atoms with Crippen LogP contribution in [0, 0.1) is 0 Å². The first-order chi connectivity index (χ1) is 7.72. The Morgan fingerprint density at radius 3 is 2.94 bits per heavy atom. The molecule has 1 aliphatic rings. The third-order valence-electron chi connectivity index (χ3n) is 2.66. The minimum absolute atomic E-state index is 0.0117. The van der Waals surface area contributed by atoms with Crippen LogP contribution < -0.4 is 0 Å². The van der Waals surface area contributed by atoms with Gasteiger partial charge in [0.2, 0.25) is 0 Å². The Kier molecular flexibility index (Phi) is 3.31. The van der Waals surface area contributed by atoms with Crippen LogP contribution in [0.15, 0.2) is 23.1 Å². The van der Waals surface area contributed by atoms with Crippen molar-refractivity contribution in [3.05, 3.63) is 33.5 Å². The van der Waals surface area contributed by atoms with E-state index >= 15 is 0 Å².